The summed E-state index contributed by atoms with van der Waals surface area (Å²) in [6.07, 6.45) is 4.32. The summed E-state index contributed by atoms with van der Waals surface area (Å²) in [4.78, 5) is 14.6. The third-order valence-corrected chi connectivity index (χ3v) is 4.72. The van der Waals surface area contributed by atoms with Crippen molar-refractivity contribution in [3.8, 4) is 0 Å². The number of halogens is 1. The summed E-state index contributed by atoms with van der Waals surface area (Å²) in [6.45, 7) is 4.11. The van der Waals surface area contributed by atoms with Crippen LogP contribution < -0.4 is 0 Å². The lowest BCUT2D eigenvalue weighted by atomic mass is 10.0. The van der Waals surface area contributed by atoms with E-state index in [1.165, 1.54) is 12.5 Å². The van der Waals surface area contributed by atoms with Crippen molar-refractivity contribution in [2.45, 2.75) is 44.8 Å². The molecule has 0 bridgehead atoms. The Balaban J connectivity index is 1.59. The Labute approximate surface area is 125 Å². The van der Waals surface area contributed by atoms with Gasteiger partial charge in [-0.1, -0.05) is 12.1 Å². The molecule has 0 radical (unpaired) electrons. The second-order valence-corrected chi connectivity index (χ2v) is 6.08. The fraction of sp³-hybridized carbons (Fsp3) is 0.588. The maximum absolute atomic E-state index is 13.5. The van der Waals surface area contributed by atoms with Gasteiger partial charge in [0.05, 0.1) is 12.7 Å². The zero-order chi connectivity index (χ0) is 14.8. The van der Waals surface area contributed by atoms with E-state index in [-0.39, 0.29) is 11.6 Å². The van der Waals surface area contributed by atoms with Gasteiger partial charge in [-0.3, -0.25) is 9.69 Å². The molecule has 1 heterocycles. The van der Waals surface area contributed by atoms with Crippen LogP contribution in [0.2, 0.25) is 0 Å². The van der Waals surface area contributed by atoms with E-state index in [4.69, 9.17) is 4.74 Å². The fourth-order valence-electron chi connectivity index (χ4n) is 3.44. The van der Waals surface area contributed by atoms with E-state index >= 15 is 0 Å². The third-order valence-electron chi connectivity index (χ3n) is 4.72. The highest BCUT2D eigenvalue weighted by molar-refractivity contribution is 5.96. The van der Waals surface area contributed by atoms with Gasteiger partial charge < -0.3 is 4.74 Å². The minimum Gasteiger partial charge on any atom is -0.375 e. The molecule has 1 aromatic carbocycles. The van der Waals surface area contributed by atoms with Gasteiger partial charge in [0, 0.05) is 31.1 Å². The van der Waals surface area contributed by atoms with Gasteiger partial charge in [-0.25, -0.2) is 4.39 Å². The topological polar surface area (TPSA) is 29.5 Å². The predicted molar refractivity (Wildman–Crippen MR) is 79.0 cm³/mol. The average Bonchev–Trinajstić information content (AvgIpc) is 2.96. The molecule has 2 aliphatic rings. The largest absolute Gasteiger partial charge is 0.375 e. The Morgan fingerprint density at radius 3 is 3.10 bits per heavy atom. The molecule has 0 aromatic heterocycles. The number of ketones is 1. The smallest absolute Gasteiger partial charge is 0.164 e. The van der Waals surface area contributed by atoms with Crippen LogP contribution in [0, 0.1) is 12.7 Å². The lowest BCUT2D eigenvalue weighted by Gasteiger charge is -2.37. The molecular weight excluding hydrogens is 269 g/mol. The zero-order valence-electron chi connectivity index (χ0n) is 12.5. The first-order valence-electron chi connectivity index (χ1n) is 7.80. The summed E-state index contributed by atoms with van der Waals surface area (Å²) in [5.41, 5.74) is 1.06. The predicted octanol–water partition coefficient (Wildman–Crippen LogP) is 2.96. The van der Waals surface area contributed by atoms with Gasteiger partial charge in [0.25, 0.3) is 0 Å². The minimum atomic E-state index is -0.303. The number of hydrogen-bond acceptors (Lipinski definition) is 3. The summed E-state index contributed by atoms with van der Waals surface area (Å²) in [5, 5.41) is 0. The number of ether oxygens (including phenoxy) is 1. The Kier molecular flexibility index (Phi) is 4.36. The van der Waals surface area contributed by atoms with Crippen LogP contribution in [-0.4, -0.2) is 42.5 Å². The molecule has 1 aromatic rings. The fourth-order valence-corrected chi connectivity index (χ4v) is 3.44. The Hall–Kier alpha value is -1.26. The van der Waals surface area contributed by atoms with Crippen LogP contribution in [0.4, 0.5) is 4.39 Å². The van der Waals surface area contributed by atoms with Crippen molar-refractivity contribution in [2.75, 3.05) is 19.7 Å². The van der Waals surface area contributed by atoms with Gasteiger partial charge in [-0.2, -0.15) is 0 Å². The van der Waals surface area contributed by atoms with Crippen LogP contribution in [0.5, 0.6) is 0 Å². The van der Waals surface area contributed by atoms with Crippen molar-refractivity contribution >= 4 is 5.78 Å². The van der Waals surface area contributed by atoms with Gasteiger partial charge in [-0.05, 0) is 37.8 Å². The molecule has 2 atom stereocenters. The molecule has 2 fully saturated rings. The molecule has 21 heavy (non-hydrogen) atoms. The Morgan fingerprint density at radius 2 is 2.29 bits per heavy atom. The van der Waals surface area contributed by atoms with Crippen molar-refractivity contribution in [3.63, 3.8) is 0 Å². The second kappa shape index (κ2) is 6.24. The van der Waals surface area contributed by atoms with Crippen molar-refractivity contribution in [1.82, 2.24) is 4.90 Å². The number of hydrogen-bond donors (Lipinski definition) is 0. The first-order valence-corrected chi connectivity index (χ1v) is 7.80. The van der Waals surface area contributed by atoms with E-state index in [9.17, 15) is 9.18 Å². The molecular formula is C17H22FNO2. The van der Waals surface area contributed by atoms with Crippen LogP contribution in [-0.2, 0) is 4.74 Å². The van der Waals surface area contributed by atoms with Crippen LogP contribution in [0.1, 0.15) is 41.6 Å². The SMILES string of the molecule is Cc1ccc(C(=O)CCN2CCOC3CCCC32)cc1F. The summed E-state index contributed by atoms with van der Waals surface area (Å²) < 4.78 is 19.3. The standard InChI is InChI=1S/C17H22FNO2/c1-12-5-6-13(11-14(12)18)16(20)7-8-19-9-10-21-17-4-2-3-15(17)19/h5-6,11,15,17H,2-4,7-10H2,1H3. The number of fused-ring (bicyclic) bond motifs is 1. The van der Waals surface area contributed by atoms with E-state index in [1.54, 1.807) is 19.1 Å². The zero-order valence-corrected chi connectivity index (χ0v) is 12.5. The number of carbonyl (C=O) groups is 1. The highest BCUT2D eigenvalue weighted by Gasteiger charge is 2.35. The Bertz CT molecular complexity index is 532. The normalized spacial score (nSPS) is 25.8. The van der Waals surface area contributed by atoms with Crippen molar-refractivity contribution in [3.05, 3.63) is 35.1 Å². The second-order valence-electron chi connectivity index (χ2n) is 6.08. The molecule has 0 N–H and O–H groups in total. The lowest BCUT2D eigenvalue weighted by Crippen LogP contribution is -2.49. The monoisotopic (exact) mass is 291 g/mol. The molecule has 1 aliphatic carbocycles. The maximum atomic E-state index is 13.5. The molecule has 1 aliphatic heterocycles. The number of benzene rings is 1. The number of morpholine rings is 1. The molecule has 0 spiro atoms. The van der Waals surface area contributed by atoms with Gasteiger partial charge in [0.15, 0.2) is 5.78 Å². The van der Waals surface area contributed by atoms with Gasteiger partial charge in [0.1, 0.15) is 5.82 Å². The van der Waals surface area contributed by atoms with E-state index in [0.717, 1.165) is 32.5 Å². The molecule has 3 nitrogen and oxygen atoms in total. The highest BCUT2D eigenvalue weighted by atomic mass is 19.1. The van der Waals surface area contributed by atoms with E-state index in [2.05, 4.69) is 4.90 Å². The molecule has 4 heteroatoms. The summed E-state index contributed by atoms with van der Waals surface area (Å²) >= 11 is 0. The maximum Gasteiger partial charge on any atom is 0.164 e. The van der Waals surface area contributed by atoms with E-state index in [1.807, 2.05) is 0 Å². The van der Waals surface area contributed by atoms with Gasteiger partial charge in [-0.15, -0.1) is 0 Å². The number of aryl methyl sites for hydroxylation is 1. The quantitative estimate of drug-likeness (QED) is 0.799. The van der Waals surface area contributed by atoms with Gasteiger partial charge in [0.2, 0.25) is 0 Å². The first kappa shape index (κ1) is 14.7. The van der Waals surface area contributed by atoms with E-state index < -0.39 is 0 Å². The van der Waals surface area contributed by atoms with Crippen LogP contribution in [0.15, 0.2) is 18.2 Å². The number of Topliss-reactive ketones (excluding diaryl/α,β-unsaturated/α-hetero) is 1. The van der Waals surface area contributed by atoms with Crippen molar-refractivity contribution in [1.29, 1.82) is 0 Å². The van der Waals surface area contributed by atoms with Crippen molar-refractivity contribution in [2.24, 2.45) is 0 Å². The molecule has 1 saturated heterocycles. The lowest BCUT2D eigenvalue weighted by molar-refractivity contribution is -0.0550. The molecule has 3 rings (SSSR count). The van der Waals surface area contributed by atoms with Gasteiger partial charge >= 0.3 is 0 Å². The highest BCUT2D eigenvalue weighted by Crippen LogP contribution is 2.29. The number of nitrogens with zero attached hydrogens (tertiary/aromatic N) is 1. The Morgan fingerprint density at radius 1 is 1.43 bits per heavy atom. The third kappa shape index (κ3) is 3.16. The summed E-state index contributed by atoms with van der Waals surface area (Å²) in [7, 11) is 0. The summed E-state index contributed by atoms with van der Waals surface area (Å²) in [5.74, 6) is -0.280. The van der Waals surface area contributed by atoms with Crippen LogP contribution in [0.25, 0.3) is 0 Å². The number of rotatable bonds is 4. The van der Waals surface area contributed by atoms with E-state index in [0.29, 0.717) is 29.7 Å². The molecule has 2 unspecified atom stereocenters. The molecule has 114 valence electrons. The molecule has 0 amide bonds. The molecule has 1 saturated carbocycles. The minimum absolute atomic E-state index is 0.0231. The van der Waals surface area contributed by atoms with Crippen LogP contribution >= 0.6 is 0 Å². The summed E-state index contributed by atoms with van der Waals surface area (Å²) in [6, 6.07) is 5.22. The van der Waals surface area contributed by atoms with Crippen LogP contribution in [0.3, 0.4) is 0 Å². The van der Waals surface area contributed by atoms with Crippen molar-refractivity contribution < 1.29 is 13.9 Å². The first-order chi connectivity index (χ1) is 10.1. The average molecular weight is 291 g/mol. The number of carbonyl (C=O) groups excluding carboxylic acids is 1.